The average molecular weight is 337 g/mol. The van der Waals surface area contributed by atoms with Crippen LogP contribution in [-0.2, 0) is 9.59 Å². The number of carbonyl (C=O) groups excluding carboxylic acids is 1. The van der Waals surface area contributed by atoms with E-state index in [-0.39, 0.29) is 14.8 Å². The van der Waals surface area contributed by atoms with Crippen LogP contribution in [0.15, 0.2) is 29.2 Å². The van der Waals surface area contributed by atoms with Gasteiger partial charge >= 0.3 is 11.9 Å². The molecule has 1 atom stereocenters. The molecule has 8 heteroatoms. The summed E-state index contributed by atoms with van der Waals surface area (Å²) in [5.41, 5.74) is 0.414. The second kappa shape index (κ2) is 6.29. The van der Waals surface area contributed by atoms with Crippen LogP contribution in [0.25, 0.3) is 6.08 Å². The van der Waals surface area contributed by atoms with E-state index >= 15 is 0 Å². The van der Waals surface area contributed by atoms with Crippen LogP contribution in [0.5, 0.6) is 0 Å². The Kier molecular flexibility index (Phi) is 4.62. The predicted octanol–water partition coefficient (Wildman–Crippen LogP) is 2.06. The first kappa shape index (κ1) is 16.2. The number of thiocarbonyl (C=S) groups is 1. The van der Waals surface area contributed by atoms with E-state index in [1.165, 1.54) is 19.1 Å². The molecule has 0 aromatic heterocycles. The Morgan fingerprint density at radius 1 is 1.32 bits per heavy atom. The number of rotatable bonds is 4. The zero-order chi connectivity index (χ0) is 16.4. The number of hydrogen-bond donors (Lipinski definition) is 2. The summed E-state index contributed by atoms with van der Waals surface area (Å²) in [6, 6.07) is 5.15. The van der Waals surface area contributed by atoms with Gasteiger partial charge in [-0.3, -0.25) is 9.69 Å². The highest BCUT2D eigenvalue weighted by atomic mass is 32.2. The zero-order valence-corrected chi connectivity index (χ0v) is 13.0. The van der Waals surface area contributed by atoms with Gasteiger partial charge in [0, 0.05) is 0 Å². The number of carboxylic acids is 2. The lowest BCUT2D eigenvalue weighted by molar-refractivity contribution is -0.144. The van der Waals surface area contributed by atoms with Crippen molar-refractivity contribution in [1.82, 2.24) is 4.90 Å². The average Bonchev–Trinajstić information content (AvgIpc) is 2.73. The Hall–Kier alpha value is -2.19. The van der Waals surface area contributed by atoms with E-state index in [2.05, 4.69) is 0 Å². The van der Waals surface area contributed by atoms with Crippen molar-refractivity contribution in [2.24, 2.45) is 0 Å². The number of hydrogen-bond acceptors (Lipinski definition) is 5. The summed E-state index contributed by atoms with van der Waals surface area (Å²) >= 11 is 5.99. The van der Waals surface area contributed by atoms with Crippen molar-refractivity contribution in [2.45, 2.75) is 13.0 Å². The van der Waals surface area contributed by atoms with Gasteiger partial charge in [0.15, 0.2) is 0 Å². The molecule has 0 spiro atoms. The summed E-state index contributed by atoms with van der Waals surface area (Å²) in [5.74, 6) is -2.81. The van der Waals surface area contributed by atoms with Gasteiger partial charge in [0.25, 0.3) is 5.91 Å². The van der Waals surface area contributed by atoms with Crippen LogP contribution in [0, 0.1) is 0 Å². The first-order chi connectivity index (χ1) is 10.3. The van der Waals surface area contributed by atoms with E-state index < -0.39 is 23.9 Å². The van der Waals surface area contributed by atoms with Crippen LogP contribution in [0.4, 0.5) is 0 Å². The van der Waals surface area contributed by atoms with Crippen molar-refractivity contribution >= 4 is 52.2 Å². The lowest BCUT2D eigenvalue weighted by Gasteiger charge is -2.18. The molecule has 1 fully saturated rings. The molecule has 2 N–H and O–H groups in total. The largest absolute Gasteiger partial charge is 0.480 e. The maximum Gasteiger partial charge on any atom is 0.336 e. The molecular weight excluding hydrogens is 326 g/mol. The lowest BCUT2D eigenvalue weighted by Crippen LogP contribution is -2.41. The highest BCUT2D eigenvalue weighted by molar-refractivity contribution is 8.26. The zero-order valence-electron chi connectivity index (χ0n) is 11.3. The van der Waals surface area contributed by atoms with E-state index in [4.69, 9.17) is 22.4 Å². The normalized spacial score (nSPS) is 17.9. The topological polar surface area (TPSA) is 94.9 Å². The quantitative estimate of drug-likeness (QED) is 0.641. The summed E-state index contributed by atoms with van der Waals surface area (Å²) < 4.78 is 0.138. The van der Waals surface area contributed by atoms with Gasteiger partial charge in [0.1, 0.15) is 10.4 Å². The molecule has 1 unspecified atom stereocenters. The Labute approximate surface area is 135 Å². The number of nitrogens with zero attached hydrogens (tertiary/aromatic N) is 1. The van der Waals surface area contributed by atoms with E-state index in [0.29, 0.717) is 5.56 Å². The lowest BCUT2D eigenvalue weighted by atomic mass is 10.1. The molecule has 0 aliphatic carbocycles. The molecular formula is C14H11NO5S2. The van der Waals surface area contributed by atoms with Gasteiger partial charge in [0.05, 0.1) is 10.5 Å². The van der Waals surface area contributed by atoms with Gasteiger partial charge in [-0.2, -0.15) is 0 Å². The molecule has 22 heavy (non-hydrogen) atoms. The van der Waals surface area contributed by atoms with Crippen LogP contribution in [0.3, 0.4) is 0 Å². The van der Waals surface area contributed by atoms with E-state index in [9.17, 15) is 14.4 Å². The predicted molar refractivity (Wildman–Crippen MR) is 85.5 cm³/mol. The molecule has 1 amide bonds. The molecule has 1 aromatic rings. The number of aromatic carboxylic acids is 1. The van der Waals surface area contributed by atoms with Crippen molar-refractivity contribution in [3.8, 4) is 0 Å². The molecule has 6 nitrogen and oxygen atoms in total. The summed E-state index contributed by atoms with van der Waals surface area (Å²) in [6.45, 7) is 1.36. The summed E-state index contributed by atoms with van der Waals surface area (Å²) in [4.78, 5) is 35.7. The Morgan fingerprint density at radius 2 is 1.95 bits per heavy atom. The minimum Gasteiger partial charge on any atom is -0.480 e. The number of amides is 1. The number of aliphatic carboxylic acids is 1. The minimum absolute atomic E-state index is 0.0547. The van der Waals surface area contributed by atoms with Crippen LogP contribution in [0.1, 0.15) is 22.8 Å². The van der Waals surface area contributed by atoms with Gasteiger partial charge in [-0.05, 0) is 24.6 Å². The summed E-state index contributed by atoms with van der Waals surface area (Å²) in [5, 5.41) is 18.1. The number of benzene rings is 1. The molecule has 2 rings (SSSR count). The highest BCUT2D eigenvalue weighted by Crippen LogP contribution is 2.34. The van der Waals surface area contributed by atoms with Crippen LogP contribution in [0.2, 0.25) is 0 Å². The fourth-order valence-corrected chi connectivity index (χ4v) is 3.29. The SMILES string of the molecule is CC(C(=O)O)N1C(=O)/C(=C/c2ccccc2C(=O)O)SC1=S. The maximum absolute atomic E-state index is 12.3. The minimum atomic E-state index is -1.16. The van der Waals surface area contributed by atoms with Crippen molar-refractivity contribution in [3.05, 3.63) is 40.3 Å². The standard InChI is InChI=1S/C14H11NO5S2/c1-7(12(17)18)15-11(16)10(22-14(15)21)6-8-4-2-3-5-9(8)13(19)20/h2-7H,1H3,(H,17,18)(H,19,20)/b10-6-. The Bertz CT molecular complexity index is 713. The smallest absolute Gasteiger partial charge is 0.336 e. The molecule has 1 aromatic carbocycles. The van der Waals surface area contributed by atoms with Gasteiger partial charge < -0.3 is 10.2 Å². The first-order valence-corrected chi connectivity index (χ1v) is 7.37. The molecule has 1 aliphatic rings. The third kappa shape index (κ3) is 3.02. The molecule has 114 valence electrons. The first-order valence-electron chi connectivity index (χ1n) is 6.15. The fourth-order valence-electron chi connectivity index (χ4n) is 1.88. The fraction of sp³-hybridized carbons (Fsp3) is 0.143. The van der Waals surface area contributed by atoms with Crippen LogP contribution < -0.4 is 0 Å². The number of carboxylic acid groups (broad SMARTS) is 2. The van der Waals surface area contributed by atoms with Gasteiger partial charge in [-0.15, -0.1) is 0 Å². The van der Waals surface area contributed by atoms with Crippen molar-refractivity contribution in [3.63, 3.8) is 0 Å². The van der Waals surface area contributed by atoms with E-state index in [1.54, 1.807) is 18.2 Å². The monoisotopic (exact) mass is 337 g/mol. The van der Waals surface area contributed by atoms with Gasteiger partial charge in [-0.1, -0.05) is 42.2 Å². The van der Waals surface area contributed by atoms with Crippen LogP contribution >= 0.6 is 24.0 Å². The van der Waals surface area contributed by atoms with Crippen molar-refractivity contribution in [2.75, 3.05) is 0 Å². The Morgan fingerprint density at radius 3 is 2.55 bits per heavy atom. The summed E-state index contributed by atoms with van der Waals surface area (Å²) in [6.07, 6.45) is 1.41. The third-order valence-corrected chi connectivity index (χ3v) is 4.38. The maximum atomic E-state index is 12.3. The second-order valence-corrected chi connectivity index (χ2v) is 6.13. The summed E-state index contributed by atoms with van der Waals surface area (Å²) in [7, 11) is 0. The molecule has 0 saturated carbocycles. The molecule has 0 bridgehead atoms. The van der Waals surface area contributed by atoms with Gasteiger partial charge in [-0.25, -0.2) is 9.59 Å². The van der Waals surface area contributed by atoms with E-state index in [1.807, 2.05) is 0 Å². The van der Waals surface area contributed by atoms with Crippen molar-refractivity contribution in [1.29, 1.82) is 0 Å². The molecule has 0 radical (unpaired) electrons. The van der Waals surface area contributed by atoms with Gasteiger partial charge in [0.2, 0.25) is 0 Å². The molecule has 1 heterocycles. The third-order valence-electron chi connectivity index (χ3n) is 3.05. The van der Waals surface area contributed by atoms with Crippen molar-refractivity contribution < 1.29 is 24.6 Å². The second-order valence-electron chi connectivity index (χ2n) is 4.46. The number of carbonyl (C=O) groups is 3. The van der Waals surface area contributed by atoms with E-state index in [0.717, 1.165) is 16.7 Å². The Balaban J connectivity index is 2.39. The molecule has 1 aliphatic heterocycles. The number of thioether (sulfide) groups is 1. The molecule has 1 saturated heterocycles. The highest BCUT2D eigenvalue weighted by Gasteiger charge is 2.38. The van der Waals surface area contributed by atoms with Crippen LogP contribution in [-0.4, -0.2) is 43.3 Å².